The second-order valence-electron chi connectivity index (χ2n) is 17.6. The molecule has 2 aromatic rings. The smallest absolute Gasteiger partial charge is 0.408 e. The molecule has 5 aliphatic rings. The quantitative estimate of drug-likeness (QED) is 0.319. The number of ether oxygens (including phenoxy) is 3. The molecule has 15 nitrogen and oxygen atoms in total. The monoisotopic (exact) mass is 808 g/mol. The van der Waals surface area contributed by atoms with Gasteiger partial charge in [0.2, 0.25) is 27.7 Å². The largest absolute Gasteiger partial charge is 0.497 e. The van der Waals surface area contributed by atoms with E-state index in [9.17, 15) is 27.6 Å². The zero-order chi connectivity index (χ0) is 40.7. The minimum atomic E-state index is -3.90. The molecule has 310 valence electrons. The summed E-state index contributed by atoms with van der Waals surface area (Å²) in [5.74, 6) is -1.22. The fourth-order valence-corrected chi connectivity index (χ4v) is 10.1. The number of carbonyl (C=O) groups is 4. The molecule has 7 rings (SSSR count). The van der Waals surface area contributed by atoms with E-state index in [1.807, 2.05) is 32.9 Å². The summed E-state index contributed by atoms with van der Waals surface area (Å²) in [5, 5.41) is 5.10. The van der Waals surface area contributed by atoms with Crippen molar-refractivity contribution in [3.8, 4) is 11.6 Å². The Morgan fingerprint density at radius 1 is 1.05 bits per heavy atom. The number of rotatable bonds is 8. The van der Waals surface area contributed by atoms with Crippen molar-refractivity contribution in [2.24, 2.45) is 17.3 Å². The van der Waals surface area contributed by atoms with E-state index in [1.54, 1.807) is 19.3 Å². The predicted octanol–water partition coefficient (Wildman–Crippen LogP) is 4.47. The molecular weight excluding hydrogens is 753 g/mol. The Labute approximate surface area is 334 Å². The van der Waals surface area contributed by atoms with Crippen LogP contribution in [0, 0.1) is 17.3 Å². The van der Waals surface area contributed by atoms with Crippen molar-refractivity contribution in [1.29, 1.82) is 0 Å². The van der Waals surface area contributed by atoms with E-state index < -0.39 is 68.2 Å². The number of methoxy groups -OCH3 is 1. The number of amides is 4. The Kier molecular flexibility index (Phi) is 11.5. The minimum Gasteiger partial charge on any atom is -0.497 e. The molecule has 0 radical (unpaired) electrons. The number of alkyl carbamates (subject to hydrolysis) is 1. The zero-order valence-electron chi connectivity index (χ0n) is 33.4. The molecular formula is C41H56N6O9S. The highest BCUT2D eigenvalue weighted by molar-refractivity contribution is 7.91. The van der Waals surface area contributed by atoms with Gasteiger partial charge in [0, 0.05) is 12.5 Å². The third-order valence-electron chi connectivity index (χ3n) is 12.3. The van der Waals surface area contributed by atoms with Crippen molar-refractivity contribution in [2.45, 2.75) is 139 Å². The molecule has 2 bridgehead atoms. The second-order valence-corrected chi connectivity index (χ2v) is 19.5. The van der Waals surface area contributed by atoms with Crippen molar-refractivity contribution >= 4 is 44.9 Å². The van der Waals surface area contributed by atoms with Crippen LogP contribution in [0.25, 0.3) is 11.0 Å². The fraction of sp³-hybridized carbons (Fsp3) is 0.659. The van der Waals surface area contributed by atoms with E-state index in [4.69, 9.17) is 24.2 Å². The van der Waals surface area contributed by atoms with E-state index in [1.165, 1.54) is 4.90 Å². The third-order valence-corrected chi connectivity index (χ3v) is 14.1. The van der Waals surface area contributed by atoms with Gasteiger partial charge in [0.1, 0.15) is 41.3 Å². The molecule has 3 heterocycles. The van der Waals surface area contributed by atoms with Crippen molar-refractivity contribution in [3.63, 3.8) is 0 Å². The fourth-order valence-electron chi connectivity index (χ4n) is 8.73. The lowest BCUT2D eigenvalue weighted by Crippen LogP contribution is -2.60. The molecule has 1 aromatic carbocycles. The highest BCUT2D eigenvalue weighted by atomic mass is 32.2. The molecule has 7 atom stereocenters. The molecule has 3 N–H and O–H groups in total. The molecule has 4 amide bonds. The van der Waals surface area contributed by atoms with Gasteiger partial charge in [0.05, 0.1) is 29.9 Å². The number of nitrogens with zero attached hydrogens (tertiary/aromatic N) is 3. The molecule has 3 aliphatic carbocycles. The second kappa shape index (κ2) is 16.1. The Balaban J connectivity index is 1.23. The van der Waals surface area contributed by atoms with Crippen molar-refractivity contribution < 1.29 is 41.8 Å². The zero-order valence-corrected chi connectivity index (χ0v) is 34.2. The maximum atomic E-state index is 14.8. The van der Waals surface area contributed by atoms with Gasteiger partial charge in [0.25, 0.3) is 5.91 Å². The van der Waals surface area contributed by atoms with Gasteiger partial charge in [-0.05, 0) is 93.6 Å². The Bertz CT molecular complexity index is 2020. The summed E-state index contributed by atoms with van der Waals surface area (Å²) in [6, 6.07) is 3.23. The maximum absolute atomic E-state index is 14.8. The maximum Gasteiger partial charge on any atom is 0.408 e. The SMILES string of the molecule is C=CC[C@H]1CC1(NC(=O)[C@@H]1C[C@@H]2CN1C(=O)[C@H](C(C)(C)C)NC(=O)OC1CCC[C@H]1CCCCCc1nc3ccc(OC)cc3nc1O2)C(=O)NS(=O)(=O)C1CC1. The van der Waals surface area contributed by atoms with Gasteiger partial charge in [0.15, 0.2) is 0 Å². The summed E-state index contributed by atoms with van der Waals surface area (Å²) in [4.78, 5) is 67.8. The lowest BCUT2D eigenvalue weighted by atomic mass is 9.85. The molecule has 57 heavy (non-hydrogen) atoms. The number of fused-ring (bicyclic) bond motifs is 5. The number of hydrogen-bond donors (Lipinski definition) is 3. The van der Waals surface area contributed by atoms with Gasteiger partial charge >= 0.3 is 6.09 Å². The van der Waals surface area contributed by atoms with E-state index in [2.05, 4.69) is 21.9 Å². The number of allylic oxidation sites excluding steroid dienone is 1. The number of aromatic nitrogens is 2. The first-order valence-corrected chi connectivity index (χ1v) is 21.9. The summed E-state index contributed by atoms with van der Waals surface area (Å²) in [5.41, 5.74) is -0.395. The average molecular weight is 809 g/mol. The lowest BCUT2D eigenvalue weighted by Gasteiger charge is -2.35. The van der Waals surface area contributed by atoms with Crippen LogP contribution in [-0.4, -0.2) is 95.8 Å². The highest BCUT2D eigenvalue weighted by Crippen LogP contribution is 2.47. The minimum absolute atomic E-state index is 0.0318. The van der Waals surface area contributed by atoms with Gasteiger partial charge < -0.3 is 29.7 Å². The van der Waals surface area contributed by atoms with Gasteiger partial charge in [-0.3, -0.25) is 19.1 Å². The summed E-state index contributed by atoms with van der Waals surface area (Å²) >= 11 is 0. The molecule has 0 spiro atoms. The topological polar surface area (TPSA) is 195 Å². The van der Waals surface area contributed by atoms with E-state index in [0.29, 0.717) is 54.0 Å². The number of aryl methyl sites for hydroxylation is 1. The van der Waals surface area contributed by atoms with Crippen molar-refractivity contribution in [2.75, 3.05) is 13.7 Å². The average Bonchev–Trinajstić information content (AvgIpc) is 4.04. The standard InChI is InChI=1S/C41H56N6O9S/c1-6-11-25-22-41(25,38(50)46-57(52,53)28-17-18-28)45-35(48)32-21-27-23-47(32)37(49)34(40(2,3)4)44-39(51)56-33-15-10-13-24(33)12-8-7-9-14-30-36(55-27)43-31-20-26(54-5)16-19-29(31)42-30/h6,16,19-20,24-25,27-28,32-34H,1,7-15,17-18,21-23H2,2-5H3,(H,44,51)(H,45,48)(H,46,50)/t24-,25+,27-,32+,33?,34-,41?/m1/s1. The Morgan fingerprint density at radius 2 is 1.82 bits per heavy atom. The van der Waals surface area contributed by atoms with Crippen molar-refractivity contribution in [3.05, 3.63) is 36.5 Å². The van der Waals surface area contributed by atoms with Crippen LogP contribution >= 0.6 is 0 Å². The summed E-state index contributed by atoms with van der Waals surface area (Å²) in [6.07, 6.45) is 8.38. The predicted molar refractivity (Wildman–Crippen MR) is 211 cm³/mol. The first-order chi connectivity index (χ1) is 27.1. The van der Waals surface area contributed by atoms with Crippen LogP contribution in [0.4, 0.5) is 4.79 Å². The Hall–Kier alpha value is -4.47. The summed E-state index contributed by atoms with van der Waals surface area (Å²) in [7, 11) is -2.33. The van der Waals surface area contributed by atoms with E-state index in [-0.39, 0.29) is 37.3 Å². The highest BCUT2D eigenvalue weighted by Gasteiger charge is 2.62. The van der Waals surface area contributed by atoms with Crippen LogP contribution < -0.4 is 24.8 Å². The normalized spacial score (nSPS) is 29.7. The number of benzene rings is 1. The number of sulfonamides is 1. The molecule has 2 aliphatic heterocycles. The van der Waals surface area contributed by atoms with Gasteiger partial charge in [-0.25, -0.2) is 23.2 Å². The molecule has 16 heteroatoms. The Morgan fingerprint density at radius 3 is 2.54 bits per heavy atom. The number of nitrogens with one attached hydrogen (secondary N) is 3. The lowest BCUT2D eigenvalue weighted by molar-refractivity contribution is -0.143. The summed E-state index contributed by atoms with van der Waals surface area (Å²) in [6.45, 7) is 9.23. The van der Waals surface area contributed by atoms with Crippen LogP contribution in [0.5, 0.6) is 11.6 Å². The van der Waals surface area contributed by atoms with Gasteiger partial charge in [-0.15, -0.1) is 6.58 Å². The van der Waals surface area contributed by atoms with Crippen molar-refractivity contribution in [1.82, 2.24) is 30.2 Å². The molecule has 4 fully saturated rings. The van der Waals surface area contributed by atoms with Gasteiger partial charge in [-0.1, -0.05) is 39.7 Å². The van der Waals surface area contributed by atoms with Crippen LogP contribution in [-0.2, 0) is 35.6 Å². The number of hydrogen-bond acceptors (Lipinski definition) is 11. The van der Waals surface area contributed by atoms with Gasteiger partial charge in [-0.2, -0.15) is 0 Å². The van der Waals surface area contributed by atoms with Crippen LogP contribution in [0.2, 0.25) is 0 Å². The van der Waals surface area contributed by atoms with Crippen LogP contribution in [0.3, 0.4) is 0 Å². The van der Waals surface area contributed by atoms with Crippen LogP contribution in [0.1, 0.15) is 104 Å². The first kappa shape index (κ1) is 40.7. The molecule has 1 saturated heterocycles. The molecule has 1 aromatic heterocycles. The van der Waals surface area contributed by atoms with E-state index in [0.717, 1.165) is 44.9 Å². The first-order valence-electron chi connectivity index (χ1n) is 20.4. The third kappa shape index (κ3) is 8.85. The van der Waals surface area contributed by atoms with Crippen LogP contribution in [0.15, 0.2) is 30.9 Å². The van der Waals surface area contributed by atoms with E-state index >= 15 is 0 Å². The molecule has 3 saturated carbocycles. The molecule has 2 unspecified atom stereocenters. The number of carbonyl (C=O) groups excluding carboxylic acids is 4. The summed E-state index contributed by atoms with van der Waals surface area (Å²) < 4.78 is 46.0.